The van der Waals surface area contributed by atoms with Crippen molar-refractivity contribution in [1.82, 2.24) is 0 Å². The number of benzene rings is 2. The highest BCUT2D eigenvalue weighted by Crippen LogP contribution is 2.23. The maximum atomic E-state index is 13.0. The average Bonchev–Trinajstić information content (AvgIpc) is 2.46. The maximum absolute atomic E-state index is 13.0. The van der Waals surface area contributed by atoms with Crippen molar-refractivity contribution in [2.75, 3.05) is 5.32 Å². The number of nitro groups is 2. The van der Waals surface area contributed by atoms with E-state index in [1.807, 2.05) is 0 Å². The third-order valence-corrected chi connectivity index (χ3v) is 2.67. The van der Waals surface area contributed by atoms with Crippen molar-refractivity contribution in [2.24, 2.45) is 0 Å². The van der Waals surface area contributed by atoms with E-state index in [0.717, 1.165) is 24.3 Å². The second kappa shape index (κ2) is 5.95. The Morgan fingerprint density at radius 1 is 1.00 bits per heavy atom. The van der Waals surface area contributed by atoms with E-state index in [0.29, 0.717) is 0 Å². The summed E-state index contributed by atoms with van der Waals surface area (Å²) in [7, 11) is 0. The van der Waals surface area contributed by atoms with Crippen LogP contribution in [0.4, 0.5) is 21.5 Å². The minimum absolute atomic E-state index is 0.124. The molecule has 0 atom stereocenters. The van der Waals surface area contributed by atoms with Crippen molar-refractivity contribution in [1.29, 1.82) is 0 Å². The van der Waals surface area contributed by atoms with Gasteiger partial charge in [-0.3, -0.25) is 25.0 Å². The molecule has 2 rings (SSSR count). The Kier molecular flexibility index (Phi) is 4.07. The van der Waals surface area contributed by atoms with Crippen LogP contribution >= 0.6 is 0 Å². The van der Waals surface area contributed by atoms with Gasteiger partial charge in [0.25, 0.3) is 17.3 Å². The quantitative estimate of drug-likeness (QED) is 0.688. The zero-order valence-electron chi connectivity index (χ0n) is 10.9. The van der Waals surface area contributed by atoms with Crippen molar-refractivity contribution < 1.29 is 19.0 Å². The van der Waals surface area contributed by atoms with Gasteiger partial charge in [0.05, 0.1) is 21.5 Å². The molecule has 112 valence electrons. The summed E-state index contributed by atoms with van der Waals surface area (Å²) in [6.45, 7) is 0. The van der Waals surface area contributed by atoms with Gasteiger partial charge < -0.3 is 5.32 Å². The molecule has 0 unspecified atom stereocenters. The monoisotopic (exact) mass is 305 g/mol. The first-order chi connectivity index (χ1) is 10.4. The summed E-state index contributed by atoms with van der Waals surface area (Å²) in [4.78, 5) is 31.8. The summed E-state index contributed by atoms with van der Waals surface area (Å²) in [6.07, 6.45) is 0. The Morgan fingerprint density at radius 3 is 2.09 bits per heavy atom. The minimum atomic E-state index is -0.841. The lowest BCUT2D eigenvalue weighted by Crippen LogP contribution is -2.12. The fourth-order valence-corrected chi connectivity index (χ4v) is 1.71. The number of hydrogen-bond acceptors (Lipinski definition) is 5. The van der Waals surface area contributed by atoms with Crippen LogP contribution in [0, 0.1) is 26.0 Å². The molecule has 0 spiro atoms. The van der Waals surface area contributed by atoms with Gasteiger partial charge in [-0.2, -0.15) is 0 Å². The predicted octanol–water partition coefficient (Wildman–Crippen LogP) is 2.89. The van der Waals surface area contributed by atoms with Gasteiger partial charge in [-0.05, 0) is 18.2 Å². The van der Waals surface area contributed by atoms with E-state index in [1.165, 1.54) is 18.2 Å². The van der Waals surface area contributed by atoms with Crippen LogP contribution in [0.5, 0.6) is 0 Å². The van der Waals surface area contributed by atoms with Gasteiger partial charge in [-0.1, -0.05) is 6.07 Å². The van der Waals surface area contributed by atoms with Crippen molar-refractivity contribution in [3.8, 4) is 0 Å². The highest BCUT2D eigenvalue weighted by molar-refractivity contribution is 6.05. The lowest BCUT2D eigenvalue weighted by Gasteiger charge is -2.05. The summed E-state index contributed by atoms with van der Waals surface area (Å²) < 4.78 is 13.0. The number of carbonyl (C=O) groups excluding carboxylic acids is 1. The van der Waals surface area contributed by atoms with Crippen LogP contribution in [0.2, 0.25) is 0 Å². The van der Waals surface area contributed by atoms with Crippen LogP contribution in [0.15, 0.2) is 42.5 Å². The number of nitrogens with one attached hydrogen (secondary N) is 1. The van der Waals surface area contributed by atoms with Crippen molar-refractivity contribution in [3.05, 3.63) is 74.1 Å². The number of rotatable bonds is 4. The van der Waals surface area contributed by atoms with Crippen LogP contribution in [0.3, 0.4) is 0 Å². The smallest absolute Gasteiger partial charge is 0.277 e. The standard InChI is InChI=1S/C13H8FN3O5/c14-9-2-1-3-10(6-9)15-13(18)8-4-11(16(19)20)7-12(5-8)17(21)22/h1-7H,(H,15,18). The highest BCUT2D eigenvalue weighted by atomic mass is 19.1. The first-order valence-corrected chi connectivity index (χ1v) is 5.87. The summed E-state index contributed by atoms with van der Waals surface area (Å²) in [5, 5.41) is 23.8. The van der Waals surface area contributed by atoms with E-state index in [2.05, 4.69) is 5.32 Å². The van der Waals surface area contributed by atoms with Gasteiger partial charge in [-0.15, -0.1) is 0 Å². The van der Waals surface area contributed by atoms with E-state index >= 15 is 0 Å². The minimum Gasteiger partial charge on any atom is -0.322 e. The van der Waals surface area contributed by atoms with E-state index in [9.17, 15) is 29.4 Å². The molecule has 0 aromatic heterocycles. The van der Waals surface area contributed by atoms with Gasteiger partial charge >= 0.3 is 0 Å². The molecular weight excluding hydrogens is 297 g/mol. The Bertz CT molecular complexity index is 746. The van der Waals surface area contributed by atoms with Crippen molar-refractivity contribution >= 4 is 23.0 Å². The first-order valence-electron chi connectivity index (χ1n) is 5.87. The predicted molar refractivity (Wildman–Crippen MR) is 74.1 cm³/mol. The summed E-state index contributed by atoms with van der Waals surface area (Å²) in [5.41, 5.74) is -1.32. The molecule has 9 heteroatoms. The van der Waals surface area contributed by atoms with Gasteiger partial charge in [0.1, 0.15) is 5.82 Å². The lowest BCUT2D eigenvalue weighted by atomic mass is 10.1. The largest absolute Gasteiger partial charge is 0.322 e. The molecule has 0 saturated heterocycles. The van der Waals surface area contributed by atoms with Crippen LogP contribution in [0.25, 0.3) is 0 Å². The third kappa shape index (κ3) is 3.39. The molecule has 0 aliphatic rings. The Hall–Kier alpha value is -3.36. The van der Waals surface area contributed by atoms with Gasteiger partial charge in [0.2, 0.25) is 0 Å². The highest BCUT2D eigenvalue weighted by Gasteiger charge is 2.20. The second-order valence-corrected chi connectivity index (χ2v) is 4.22. The number of anilines is 1. The van der Waals surface area contributed by atoms with Gasteiger partial charge in [-0.25, -0.2) is 4.39 Å². The zero-order valence-corrected chi connectivity index (χ0v) is 10.9. The number of non-ortho nitro benzene ring substituents is 2. The molecule has 0 aliphatic carbocycles. The molecule has 1 amide bonds. The first kappa shape index (κ1) is 15.0. The molecule has 0 fully saturated rings. The molecule has 2 aromatic rings. The zero-order chi connectivity index (χ0) is 16.3. The van der Waals surface area contributed by atoms with E-state index in [4.69, 9.17) is 0 Å². The van der Waals surface area contributed by atoms with E-state index in [-0.39, 0.29) is 11.3 Å². The van der Waals surface area contributed by atoms with Gasteiger partial charge in [0, 0.05) is 17.8 Å². The maximum Gasteiger partial charge on any atom is 0.277 e. The second-order valence-electron chi connectivity index (χ2n) is 4.22. The summed E-state index contributed by atoms with van der Waals surface area (Å²) in [5.74, 6) is -1.40. The number of nitro benzene ring substituents is 2. The molecule has 8 nitrogen and oxygen atoms in total. The fourth-order valence-electron chi connectivity index (χ4n) is 1.71. The van der Waals surface area contributed by atoms with Crippen LogP contribution in [-0.4, -0.2) is 15.8 Å². The third-order valence-electron chi connectivity index (χ3n) is 2.67. The molecule has 0 saturated carbocycles. The molecule has 0 bridgehead atoms. The van der Waals surface area contributed by atoms with E-state index in [1.54, 1.807) is 0 Å². The van der Waals surface area contributed by atoms with Crippen LogP contribution < -0.4 is 5.32 Å². The molecule has 0 radical (unpaired) electrons. The molecular formula is C13H8FN3O5. The number of nitrogens with zero attached hydrogens (tertiary/aromatic N) is 2. The SMILES string of the molecule is O=C(Nc1cccc(F)c1)c1cc([N+](=O)[O-])cc([N+](=O)[O-])c1. The normalized spacial score (nSPS) is 10.0. The Labute approximate surface area is 122 Å². The Morgan fingerprint density at radius 2 is 1.59 bits per heavy atom. The molecule has 22 heavy (non-hydrogen) atoms. The van der Waals surface area contributed by atoms with Crippen LogP contribution in [0.1, 0.15) is 10.4 Å². The van der Waals surface area contributed by atoms with Crippen molar-refractivity contribution in [3.63, 3.8) is 0 Å². The van der Waals surface area contributed by atoms with Gasteiger partial charge in [0.15, 0.2) is 0 Å². The average molecular weight is 305 g/mol. The summed E-state index contributed by atoms with van der Waals surface area (Å²) in [6, 6.07) is 7.55. The topological polar surface area (TPSA) is 115 Å². The fraction of sp³-hybridized carbons (Fsp3) is 0. The molecule has 1 N–H and O–H groups in total. The molecule has 0 aliphatic heterocycles. The molecule has 0 heterocycles. The number of carbonyl (C=O) groups is 1. The van der Waals surface area contributed by atoms with E-state index < -0.39 is 32.9 Å². The Balaban J connectivity index is 2.36. The summed E-state index contributed by atoms with van der Waals surface area (Å²) >= 11 is 0. The number of hydrogen-bond donors (Lipinski definition) is 1. The lowest BCUT2D eigenvalue weighted by molar-refractivity contribution is -0.394. The van der Waals surface area contributed by atoms with Crippen molar-refractivity contribution in [2.45, 2.75) is 0 Å². The molecule has 2 aromatic carbocycles. The van der Waals surface area contributed by atoms with Crippen LogP contribution in [-0.2, 0) is 0 Å². The number of halogens is 1. The number of amides is 1.